The maximum Gasteiger partial charge on any atom is 0.254 e. The summed E-state index contributed by atoms with van der Waals surface area (Å²) in [6, 6.07) is 14.8. The Kier molecular flexibility index (Phi) is 6.08. The van der Waals surface area contributed by atoms with Crippen LogP contribution in [0, 0.1) is 6.92 Å². The summed E-state index contributed by atoms with van der Waals surface area (Å²) >= 11 is 3.36. The van der Waals surface area contributed by atoms with Gasteiger partial charge in [0, 0.05) is 34.3 Å². The van der Waals surface area contributed by atoms with Crippen LogP contribution in [-0.2, 0) is 6.54 Å². The van der Waals surface area contributed by atoms with Crippen LogP contribution in [0.1, 0.15) is 27.9 Å². The van der Waals surface area contributed by atoms with Gasteiger partial charge in [0.2, 0.25) is 0 Å². The summed E-state index contributed by atoms with van der Waals surface area (Å²) in [7, 11) is 0. The zero-order chi connectivity index (χ0) is 19.4. The van der Waals surface area contributed by atoms with E-state index in [9.17, 15) is 14.7 Å². The predicted octanol–water partition coefficient (Wildman–Crippen LogP) is 3.62. The number of aliphatic hydroxyl groups excluding tert-OH is 1. The topological polar surface area (TPSA) is 73.4 Å². The maximum atomic E-state index is 12.9. The number of hydrogen-bond acceptors (Lipinski definition) is 3. The molecule has 3 aromatic rings. The van der Waals surface area contributed by atoms with Crippen molar-refractivity contribution in [3.05, 3.63) is 80.0 Å². The number of rotatable bonds is 6. The molecule has 0 aliphatic rings. The van der Waals surface area contributed by atoms with Gasteiger partial charge in [-0.15, -0.1) is 0 Å². The molecule has 0 aliphatic heterocycles. The van der Waals surface area contributed by atoms with E-state index >= 15 is 0 Å². The van der Waals surface area contributed by atoms with Crippen LogP contribution in [0.3, 0.4) is 0 Å². The van der Waals surface area contributed by atoms with Crippen molar-refractivity contribution in [1.82, 2.24) is 9.88 Å². The predicted molar refractivity (Wildman–Crippen MR) is 110 cm³/mol. The molecule has 0 bridgehead atoms. The second kappa shape index (κ2) is 8.50. The van der Waals surface area contributed by atoms with Crippen molar-refractivity contribution in [3.8, 4) is 0 Å². The van der Waals surface area contributed by atoms with Gasteiger partial charge < -0.3 is 15.0 Å². The monoisotopic (exact) mass is 428 g/mol. The van der Waals surface area contributed by atoms with Crippen molar-refractivity contribution in [2.45, 2.75) is 19.9 Å². The number of H-pyrrole nitrogens is 1. The van der Waals surface area contributed by atoms with Gasteiger partial charge in [0.1, 0.15) is 0 Å². The number of aryl methyl sites for hydroxylation is 1. The number of carbonyl (C=O) groups is 1. The first-order chi connectivity index (χ1) is 13.0. The minimum Gasteiger partial charge on any atom is -0.396 e. The maximum absolute atomic E-state index is 12.9. The van der Waals surface area contributed by atoms with E-state index in [1.165, 1.54) is 0 Å². The fourth-order valence-corrected chi connectivity index (χ4v) is 3.25. The molecule has 3 rings (SSSR count). The first kappa shape index (κ1) is 19.3. The molecular weight excluding hydrogens is 408 g/mol. The molecule has 0 spiro atoms. The van der Waals surface area contributed by atoms with Gasteiger partial charge in [-0.05, 0) is 61.2 Å². The molecule has 1 heterocycles. The highest BCUT2D eigenvalue weighted by molar-refractivity contribution is 9.10. The molecule has 0 atom stereocenters. The molecule has 1 aromatic heterocycles. The second-order valence-corrected chi connectivity index (χ2v) is 7.44. The number of nitrogens with one attached hydrogen (secondary N) is 1. The number of amides is 1. The number of pyridine rings is 1. The van der Waals surface area contributed by atoms with Crippen LogP contribution in [0.4, 0.5) is 0 Å². The molecular formula is C21H21BrN2O3. The molecule has 0 unspecified atom stereocenters. The molecule has 0 saturated heterocycles. The number of hydrogen-bond donors (Lipinski definition) is 2. The van der Waals surface area contributed by atoms with E-state index < -0.39 is 0 Å². The van der Waals surface area contributed by atoms with E-state index in [0.717, 1.165) is 20.9 Å². The lowest BCUT2D eigenvalue weighted by Crippen LogP contribution is -2.34. The number of carbonyl (C=O) groups excluding carboxylic acids is 1. The number of benzene rings is 2. The lowest BCUT2D eigenvalue weighted by atomic mass is 10.1. The van der Waals surface area contributed by atoms with E-state index in [4.69, 9.17) is 0 Å². The summed E-state index contributed by atoms with van der Waals surface area (Å²) in [5.74, 6) is -0.167. The van der Waals surface area contributed by atoms with Gasteiger partial charge >= 0.3 is 0 Å². The summed E-state index contributed by atoms with van der Waals surface area (Å²) in [6.07, 6.45) is 0.451. The molecule has 0 aliphatic carbocycles. The number of aliphatic hydroxyl groups is 1. The Hall–Kier alpha value is -2.44. The van der Waals surface area contributed by atoms with Crippen molar-refractivity contribution in [2.75, 3.05) is 13.2 Å². The largest absolute Gasteiger partial charge is 0.396 e. The Labute approximate surface area is 165 Å². The zero-order valence-corrected chi connectivity index (χ0v) is 16.6. The quantitative estimate of drug-likeness (QED) is 0.629. The molecule has 0 saturated carbocycles. The molecule has 1 amide bonds. The van der Waals surface area contributed by atoms with Crippen LogP contribution in [0.5, 0.6) is 0 Å². The standard InChI is InChI=1S/C21H21BrN2O3/c1-14-3-8-19-16(11-14)12-17(20(26)23-19)13-24(9-2-10-25)21(27)15-4-6-18(22)7-5-15/h3-8,11-12,25H,2,9-10,13H2,1H3,(H,23,26). The van der Waals surface area contributed by atoms with E-state index in [0.29, 0.717) is 24.1 Å². The first-order valence-electron chi connectivity index (χ1n) is 8.76. The summed E-state index contributed by atoms with van der Waals surface area (Å²) in [6.45, 7) is 2.54. The molecule has 27 heavy (non-hydrogen) atoms. The highest BCUT2D eigenvalue weighted by Crippen LogP contribution is 2.16. The highest BCUT2D eigenvalue weighted by atomic mass is 79.9. The Morgan fingerprint density at radius 3 is 2.59 bits per heavy atom. The molecule has 5 nitrogen and oxygen atoms in total. The fourth-order valence-electron chi connectivity index (χ4n) is 2.98. The summed E-state index contributed by atoms with van der Waals surface area (Å²) in [4.78, 5) is 29.9. The van der Waals surface area contributed by atoms with E-state index in [-0.39, 0.29) is 24.6 Å². The lowest BCUT2D eigenvalue weighted by molar-refractivity contribution is 0.0731. The average Bonchev–Trinajstić information content (AvgIpc) is 2.66. The average molecular weight is 429 g/mol. The Bertz CT molecular complexity index is 1010. The van der Waals surface area contributed by atoms with E-state index in [1.807, 2.05) is 43.3 Å². The molecule has 0 fully saturated rings. The number of fused-ring (bicyclic) bond motifs is 1. The van der Waals surface area contributed by atoms with Crippen molar-refractivity contribution >= 4 is 32.7 Å². The minimum absolute atomic E-state index is 0.0165. The van der Waals surface area contributed by atoms with Gasteiger partial charge in [-0.3, -0.25) is 9.59 Å². The summed E-state index contributed by atoms with van der Waals surface area (Å²) in [5.41, 5.74) is 2.74. The van der Waals surface area contributed by atoms with Crippen molar-refractivity contribution < 1.29 is 9.90 Å². The van der Waals surface area contributed by atoms with Crippen LogP contribution in [0.15, 0.2) is 57.8 Å². The van der Waals surface area contributed by atoms with Crippen molar-refractivity contribution in [2.24, 2.45) is 0 Å². The Morgan fingerprint density at radius 1 is 1.15 bits per heavy atom. The minimum atomic E-state index is -0.205. The number of aromatic amines is 1. The van der Waals surface area contributed by atoms with Crippen molar-refractivity contribution in [1.29, 1.82) is 0 Å². The second-order valence-electron chi connectivity index (χ2n) is 6.53. The lowest BCUT2D eigenvalue weighted by Gasteiger charge is -2.22. The van der Waals surface area contributed by atoms with Crippen LogP contribution in [0.2, 0.25) is 0 Å². The number of halogens is 1. The SMILES string of the molecule is Cc1ccc2[nH]c(=O)c(CN(CCCO)C(=O)c3ccc(Br)cc3)cc2c1. The normalized spacial score (nSPS) is 10.9. The molecule has 0 radical (unpaired) electrons. The van der Waals surface area contributed by atoms with Crippen LogP contribution < -0.4 is 5.56 Å². The van der Waals surface area contributed by atoms with E-state index in [1.54, 1.807) is 17.0 Å². The third-order valence-electron chi connectivity index (χ3n) is 4.40. The molecule has 2 N–H and O–H groups in total. The first-order valence-corrected chi connectivity index (χ1v) is 9.55. The van der Waals surface area contributed by atoms with Gasteiger partial charge in [0.25, 0.3) is 11.5 Å². The highest BCUT2D eigenvalue weighted by Gasteiger charge is 2.17. The van der Waals surface area contributed by atoms with Gasteiger partial charge in [-0.2, -0.15) is 0 Å². The molecule has 6 heteroatoms. The van der Waals surface area contributed by atoms with E-state index in [2.05, 4.69) is 20.9 Å². The fraction of sp³-hybridized carbons (Fsp3) is 0.238. The van der Waals surface area contributed by atoms with Crippen LogP contribution >= 0.6 is 15.9 Å². The number of nitrogens with zero attached hydrogens (tertiary/aromatic N) is 1. The van der Waals surface area contributed by atoms with Gasteiger partial charge in [-0.25, -0.2) is 0 Å². The zero-order valence-electron chi connectivity index (χ0n) is 15.0. The smallest absolute Gasteiger partial charge is 0.254 e. The summed E-state index contributed by atoms with van der Waals surface area (Å²) < 4.78 is 0.891. The van der Waals surface area contributed by atoms with Gasteiger partial charge in [0.05, 0.1) is 6.54 Å². The molecule has 2 aromatic carbocycles. The van der Waals surface area contributed by atoms with Crippen LogP contribution in [0.25, 0.3) is 10.9 Å². The third kappa shape index (κ3) is 4.64. The van der Waals surface area contributed by atoms with Crippen molar-refractivity contribution in [3.63, 3.8) is 0 Å². The Balaban J connectivity index is 1.93. The number of aromatic nitrogens is 1. The Morgan fingerprint density at radius 2 is 1.89 bits per heavy atom. The summed E-state index contributed by atoms with van der Waals surface area (Å²) in [5, 5.41) is 10.1. The van der Waals surface area contributed by atoms with Gasteiger partial charge in [0.15, 0.2) is 0 Å². The van der Waals surface area contributed by atoms with Crippen LogP contribution in [-0.4, -0.2) is 34.0 Å². The third-order valence-corrected chi connectivity index (χ3v) is 4.93. The van der Waals surface area contributed by atoms with Gasteiger partial charge in [-0.1, -0.05) is 27.6 Å². The molecule has 140 valence electrons.